The number of sulfonamides is 1. The maximum absolute atomic E-state index is 11.8. The van der Waals surface area contributed by atoms with Crippen molar-refractivity contribution in [1.82, 2.24) is 28.6 Å². The maximum Gasteiger partial charge on any atom is 0.211 e. The fourth-order valence-electron chi connectivity index (χ4n) is 4.41. The average molecular weight is 522 g/mol. The minimum absolute atomic E-state index is 0.438. The summed E-state index contributed by atoms with van der Waals surface area (Å²) in [5, 5.41) is 0.438. The van der Waals surface area contributed by atoms with Crippen molar-refractivity contribution < 1.29 is 17.9 Å². The molecule has 13 heteroatoms. The summed E-state index contributed by atoms with van der Waals surface area (Å²) in [5.41, 5.74) is 2.87. The molecular weight excluding hydrogens is 494 g/mol. The Kier molecular flexibility index (Phi) is 6.82. The predicted molar refractivity (Wildman–Crippen MR) is 133 cm³/mol. The molecule has 0 bridgehead atoms. The highest BCUT2D eigenvalue weighted by Gasteiger charge is 2.26. The Balaban J connectivity index is 1.50. The summed E-state index contributed by atoms with van der Waals surface area (Å²) >= 11 is 6.87. The van der Waals surface area contributed by atoms with Crippen molar-refractivity contribution in [2.45, 2.75) is 6.54 Å². The van der Waals surface area contributed by atoms with Crippen molar-refractivity contribution in [3.63, 3.8) is 0 Å². The molecule has 0 saturated carbocycles. The number of imidazole rings is 1. The van der Waals surface area contributed by atoms with Gasteiger partial charge in [0, 0.05) is 63.8 Å². The van der Waals surface area contributed by atoms with E-state index in [0.29, 0.717) is 81.3 Å². The first-order valence-corrected chi connectivity index (χ1v) is 13.6. The Morgan fingerprint density at radius 2 is 1.83 bits per heavy atom. The zero-order chi connectivity index (χ0) is 24.6. The molecule has 0 amide bonds. The SMILES string of the molecule is COc1cncc(-c2nc(N3CCOCC3)c3nc(CN4CCN(S(C)(=O)=O)CC4)cn3c2Cl)c1. The van der Waals surface area contributed by atoms with E-state index in [9.17, 15) is 8.42 Å². The van der Waals surface area contributed by atoms with Crippen molar-refractivity contribution in [2.75, 3.05) is 70.7 Å². The lowest BCUT2D eigenvalue weighted by atomic mass is 10.2. The van der Waals surface area contributed by atoms with Gasteiger partial charge in [-0.1, -0.05) is 11.6 Å². The van der Waals surface area contributed by atoms with Crippen LogP contribution in [-0.4, -0.2) is 103 Å². The number of ether oxygens (including phenoxy) is 2. The lowest BCUT2D eigenvalue weighted by Crippen LogP contribution is -2.47. The van der Waals surface area contributed by atoms with Crippen molar-refractivity contribution >= 4 is 33.1 Å². The lowest BCUT2D eigenvalue weighted by Gasteiger charge is -2.32. The number of morpholine rings is 1. The Morgan fingerprint density at radius 1 is 1.09 bits per heavy atom. The zero-order valence-electron chi connectivity index (χ0n) is 19.7. The molecule has 5 heterocycles. The van der Waals surface area contributed by atoms with Crippen LogP contribution in [0, 0.1) is 0 Å². The number of anilines is 1. The third-order valence-electron chi connectivity index (χ3n) is 6.30. The first-order valence-electron chi connectivity index (χ1n) is 11.4. The van der Waals surface area contributed by atoms with Gasteiger partial charge < -0.3 is 14.4 Å². The standard InChI is InChI=1S/C22H28ClN7O4S/c1-33-18-11-16(12-24-13-18)19-20(23)30-15-17(14-27-3-5-29(6-4-27)35(2,31)32)25-22(30)21(26-19)28-7-9-34-10-8-28/h11-13,15H,3-10,14H2,1-2H3. The molecule has 0 spiro atoms. The fourth-order valence-corrected chi connectivity index (χ4v) is 5.51. The molecule has 0 radical (unpaired) electrons. The van der Waals surface area contributed by atoms with Gasteiger partial charge in [-0.25, -0.2) is 18.4 Å². The van der Waals surface area contributed by atoms with E-state index in [2.05, 4.69) is 14.8 Å². The molecular formula is C22H28ClN7O4S. The van der Waals surface area contributed by atoms with Gasteiger partial charge in [0.25, 0.3) is 0 Å². The predicted octanol–water partition coefficient (Wildman–Crippen LogP) is 1.37. The van der Waals surface area contributed by atoms with Crippen LogP contribution in [0.4, 0.5) is 5.82 Å². The molecule has 2 saturated heterocycles. The fraction of sp³-hybridized carbons (Fsp3) is 0.500. The van der Waals surface area contributed by atoms with Gasteiger partial charge in [0.15, 0.2) is 11.5 Å². The first kappa shape index (κ1) is 24.2. The quantitative estimate of drug-likeness (QED) is 0.475. The van der Waals surface area contributed by atoms with Crippen molar-refractivity contribution in [2.24, 2.45) is 0 Å². The minimum Gasteiger partial charge on any atom is -0.495 e. The summed E-state index contributed by atoms with van der Waals surface area (Å²) in [6.07, 6.45) is 6.54. The second-order valence-electron chi connectivity index (χ2n) is 8.65. The molecule has 11 nitrogen and oxygen atoms in total. The average Bonchev–Trinajstić information content (AvgIpc) is 3.29. The normalized spacial score (nSPS) is 18.3. The number of methoxy groups -OCH3 is 1. The van der Waals surface area contributed by atoms with Gasteiger partial charge in [-0.2, -0.15) is 4.31 Å². The highest BCUT2D eigenvalue weighted by atomic mass is 35.5. The largest absolute Gasteiger partial charge is 0.495 e. The summed E-state index contributed by atoms with van der Waals surface area (Å²) in [5.74, 6) is 1.36. The molecule has 2 aliphatic heterocycles. The van der Waals surface area contributed by atoms with Crippen molar-refractivity contribution in [3.8, 4) is 17.0 Å². The lowest BCUT2D eigenvalue weighted by molar-refractivity contribution is 0.122. The van der Waals surface area contributed by atoms with Crippen LogP contribution in [0.3, 0.4) is 0 Å². The molecule has 0 N–H and O–H groups in total. The number of aromatic nitrogens is 4. The number of nitrogens with zero attached hydrogens (tertiary/aromatic N) is 7. The maximum atomic E-state index is 11.8. The molecule has 3 aromatic heterocycles. The number of halogens is 1. The molecule has 0 aliphatic carbocycles. The highest BCUT2D eigenvalue weighted by Crippen LogP contribution is 2.33. The second-order valence-corrected chi connectivity index (χ2v) is 11.0. The van der Waals surface area contributed by atoms with E-state index in [1.165, 1.54) is 10.6 Å². The zero-order valence-corrected chi connectivity index (χ0v) is 21.3. The van der Waals surface area contributed by atoms with Crippen LogP contribution in [0.5, 0.6) is 5.75 Å². The van der Waals surface area contributed by atoms with Gasteiger partial charge in [-0.3, -0.25) is 14.3 Å². The first-order chi connectivity index (χ1) is 16.8. The van der Waals surface area contributed by atoms with E-state index in [4.69, 9.17) is 31.0 Å². The topological polar surface area (TPSA) is 105 Å². The number of fused-ring (bicyclic) bond motifs is 1. The van der Waals surface area contributed by atoms with E-state index in [1.807, 2.05) is 16.7 Å². The molecule has 2 aliphatic rings. The summed E-state index contributed by atoms with van der Waals surface area (Å²) in [6.45, 7) is 5.46. The minimum atomic E-state index is -3.17. The number of piperazine rings is 1. The van der Waals surface area contributed by atoms with Gasteiger partial charge in [0.1, 0.15) is 16.6 Å². The van der Waals surface area contributed by atoms with Gasteiger partial charge in [0.05, 0.1) is 38.5 Å². The van der Waals surface area contributed by atoms with Crippen LogP contribution in [0.1, 0.15) is 5.69 Å². The molecule has 0 aromatic carbocycles. The molecule has 188 valence electrons. The number of hydrogen-bond acceptors (Lipinski definition) is 9. The molecule has 0 atom stereocenters. The summed E-state index contributed by atoms with van der Waals surface area (Å²) in [4.78, 5) is 18.5. The number of hydrogen-bond donors (Lipinski definition) is 0. The van der Waals surface area contributed by atoms with Gasteiger partial charge in [0.2, 0.25) is 10.0 Å². The number of pyridine rings is 1. The van der Waals surface area contributed by atoms with Gasteiger partial charge >= 0.3 is 0 Å². The summed E-state index contributed by atoms with van der Waals surface area (Å²) < 4.78 is 37.9. The van der Waals surface area contributed by atoms with Crippen LogP contribution in [0.15, 0.2) is 24.7 Å². The van der Waals surface area contributed by atoms with E-state index >= 15 is 0 Å². The molecule has 35 heavy (non-hydrogen) atoms. The second kappa shape index (κ2) is 9.86. The monoisotopic (exact) mass is 521 g/mol. The highest BCUT2D eigenvalue weighted by molar-refractivity contribution is 7.88. The van der Waals surface area contributed by atoms with E-state index in [0.717, 1.165) is 17.1 Å². The molecule has 0 unspecified atom stereocenters. The van der Waals surface area contributed by atoms with Crippen LogP contribution >= 0.6 is 11.6 Å². The molecule has 2 fully saturated rings. The third kappa shape index (κ3) is 5.07. The van der Waals surface area contributed by atoms with Crippen LogP contribution in [0.25, 0.3) is 16.9 Å². The van der Waals surface area contributed by atoms with Crippen molar-refractivity contribution in [1.29, 1.82) is 0 Å². The smallest absolute Gasteiger partial charge is 0.211 e. The number of rotatable bonds is 6. The van der Waals surface area contributed by atoms with Crippen LogP contribution in [0.2, 0.25) is 5.15 Å². The van der Waals surface area contributed by atoms with Crippen LogP contribution in [-0.2, 0) is 21.3 Å². The van der Waals surface area contributed by atoms with Gasteiger partial charge in [-0.15, -0.1) is 0 Å². The third-order valence-corrected chi connectivity index (χ3v) is 7.96. The molecule has 5 rings (SSSR count). The van der Waals surface area contributed by atoms with E-state index < -0.39 is 10.0 Å². The van der Waals surface area contributed by atoms with Crippen molar-refractivity contribution in [3.05, 3.63) is 35.5 Å². The van der Waals surface area contributed by atoms with E-state index in [-0.39, 0.29) is 0 Å². The Labute approximate surface area is 209 Å². The summed E-state index contributed by atoms with van der Waals surface area (Å²) in [6, 6.07) is 1.86. The Bertz CT molecular complexity index is 1320. The van der Waals surface area contributed by atoms with Gasteiger partial charge in [-0.05, 0) is 6.07 Å². The summed E-state index contributed by atoms with van der Waals surface area (Å²) in [7, 11) is -1.58. The molecule has 3 aromatic rings. The Morgan fingerprint density at radius 3 is 2.51 bits per heavy atom. The van der Waals surface area contributed by atoms with Crippen LogP contribution < -0.4 is 9.64 Å². The van der Waals surface area contributed by atoms with E-state index in [1.54, 1.807) is 19.5 Å². The Hall–Kier alpha value is -2.51.